The van der Waals surface area contributed by atoms with E-state index in [9.17, 15) is 0 Å². The topological polar surface area (TPSA) is 36.9 Å². The van der Waals surface area contributed by atoms with Crippen LogP contribution in [0.2, 0.25) is 5.04 Å². The summed E-state index contributed by atoms with van der Waals surface area (Å²) >= 11 is 0. The minimum absolute atomic E-state index is 0.00777. The zero-order valence-electron chi connectivity index (χ0n) is 24.9. The van der Waals surface area contributed by atoms with Gasteiger partial charge in [-0.3, -0.25) is 0 Å². The Morgan fingerprint density at radius 2 is 1.37 bits per heavy atom. The fourth-order valence-electron chi connectivity index (χ4n) is 6.61. The molecule has 0 N–H and O–H groups in total. The summed E-state index contributed by atoms with van der Waals surface area (Å²) in [4.78, 5) is 0. The normalized spacial score (nSPS) is 23.9. The molecule has 5 heteroatoms. The van der Waals surface area contributed by atoms with Crippen molar-refractivity contribution < 1.29 is 18.6 Å². The smallest absolute Gasteiger partial charge is 0.261 e. The van der Waals surface area contributed by atoms with Crippen molar-refractivity contribution in [1.82, 2.24) is 0 Å². The third-order valence-electron chi connectivity index (χ3n) is 8.66. The van der Waals surface area contributed by atoms with Gasteiger partial charge in [0.2, 0.25) is 0 Å². The fourth-order valence-corrected chi connectivity index (χ4v) is 11.2. The molecule has 5 rings (SSSR count). The minimum Gasteiger partial charge on any atom is -0.405 e. The largest absolute Gasteiger partial charge is 0.405 e. The Bertz CT molecular complexity index is 1170. The average Bonchev–Trinajstić information content (AvgIpc) is 3.67. The molecule has 218 valence electrons. The van der Waals surface area contributed by atoms with Crippen molar-refractivity contribution in [2.24, 2.45) is 0 Å². The van der Waals surface area contributed by atoms with E-state index in [-0.39, 0.29) is 35.6 Å². The van der Waals surface area contributed by atoms with Gasteiger partial charge >= 0.3 is 0 Å². The Balaban J connectivity index is 1.22. The van der Waals surface area contributed by atoms with E-state index in [2.05, 4.69) is 112 Å². The van der Waals surface area contributed by atoms with Gasteiger partial charge in [0.05, 0.1) is 43.7 Å². The molecular formula is C36H46O4Si. The lowest BCUT2D eigenvalue weighted by Crippen LogP contribution is -2.67. The molecule has 0 unspecified atom stereocenters. The van der Waals surface area contributed by atoms with Crippen molar-refractivity contribution in [2.45, 2.75) is 95.0 Å². The third-order valence-corrected chi connectivity index (χ3v) is 13.7. The number of ether oxygens (including phenoxy) is 3. The fraction of sp³-hybridized carbons (Fsp3) is 0.444. The van der Waals surface area contributed by atoms with Crippen molar-refractivity contribution in [3.63, 3.8) is 0 Å². The lowest BCUT2D eigenvalue weighted by molar-refractivity contribution is -0.112. The number of hydrogen-bond acceptors (Lipinski definition) is 4. The van der Waals surface area contributed by atoms with Crippen LogP contribution in [-0.2, 0) is 25.2 Å². The molecule has 0 amide bonds. The van der Waals surface area contributed by atoms with E-state index in [0.717, 1.165) is 32.1 Å². The first-order chi connectivity index (χ1) is 19.9. The molecule has 2 saturated heterocycles. The summed E-state index contributed by atoms with van der Waals surface area (Å²) in [6, 6.07) is 32.0. The maximum absolute atomic E-state index is 7.17. The predicted octanol–water partition coefficient (Wildman–Crippen LogP) is 6.82. The van der Waals surface area contributed by atoms with Gasteiger partial charge < -0.3 is 18.6 Å². The molecule has 0 aliphatic carbocycles. The summed E-state index contributed by atoms with van der Waals surface area (Å²) in [5.41, 5.74) is 1.18. The third kappa shape index (κ3) is 6.93. The summed E-state index contributed by atoms with van der Waals surface area (Å²) in [6.07, 6.45) is 7.06. The molecule has 4 nitrogen and oxygen atoms in total. The maximum Gasteiger partial charge on any atom is 0.261 e. The lowest BCUT2D eigenvalue weighted by Gasteiger charge is -2.43. The van der Waals surface area contributed by atoms with Crippen molar-refractivity contribution >= 4 is 18.7 Å². The molecule has 2 aliphatic heterocycles. The molecule has 2 fully saturated rings. The van der Waals surface area contributed by atoms with E-state index >= 15 is 0 Å². The summed E-state index contributed by atoms with van der Waals surface area (Å²) < 4.78 is 26.8. The van der Waals surface area contributed by atoms with Crippen LogP contribution in [0.4, 0.5) is 0 Å². The maximum atomic E-state index is 7.17. The number of rotatable bonds is 12. The predicted molar refractivity (Wildman–Crippen MR) is 169 cm³/mol. The van der Waals surface area contributed by atoms with Gasteiger partial charge in [0, 0.05) is 0 Å². The van der Waals surface area contributed by atoms with E-state index in [1.165, 1.54) is 15.9 Å². The highest BCUT2D eigenvalue weighted by Crippen LogP contribution is 2.38. The van der Waals surface area contributed by atoms with E-state index in [1.807, 2.05) is 12.1 Å². The molecule has 5 atom stereocenters. The Hall–Kier alpha value is -2.54. The monoisotopic (exact) mass is 570 g/mol. The van der Waals surface area contributed by atoms with E-state index in [4.69, 9.17) is 18.6 Å². The first-order valence-corrected chi connectivity index (χ1v) is 17.1. The Kier molecular flexibility index (Phi) is 9.94. The van der Waals surface area contributed by atoms with Crippen LogP contribution in [0.5, 0.6) is 0 Å². The second-order valence-electron chi connectivity index (χ2n) is 12.5. The Labute approximate surface area is 247 Å². The Morgan fingerprint density at radius 1 is 0.805 bits per heavy atom. The van der Waals surface area contributed by atoms with E-state index < -0.39 is 8.32 Å². The lowest BCUT2D eigenvalue weighted by atomic mass is 10.0. The van der Waals surface area contributed by atoms with Crippen LogP contribution < -0.4 is 10.4 Å². The molecule has 0 saturated carbocycles. The molecule has 3 aromatic carbocycles. The molecule has 0 radical (unpaired) electrons. The van der Waals surface area contributed by atoms with Gasteiger partial charge in [-0.2, -0.15) is 0 Å². The second kappa shape index (κ2) is 13.6. The first kappa shape index (κ1) is 29.9. The van der Waals surface area contributed by atoms with Crippen LogP contribution in [-0.4, -0.2) is 45.4 Å². The molecule has 2 heterocycles. The molecule has 0 aromatic heterocycles. The van der Waals surface area contributed by atoms with Gasteiger partial charge in [-0.05, 0) is 53.1 Å². The molecule has 2 aliphatic rings. The molecular weight excluding hydrogens is 524 g/mol. The number of hydrogen-bond donors (Lipinski definition) is 0. The molecule has 3 aromatic rings. The average molecular weight is 571 g/mol. The van der Waals surface area contributed by atoms with Crippen molar-refractivity contribution in [1.29, 1.82) is 0 Å². The van der Waals surface area contributed by atoms with E-state index in [0.29, 0.717) is 13.2 Å². The SMILES string of the molecule is C=CC[C@H](OCc1ccccc1)[C@@H]1CC[C@@H]([C@@H]2CC[C@@H](CO[Si](c3ccccc3)(c3ccccc3)C(C)(C)C)O2)O1. The van der Waals surface area contributed by atoms with Crippen LogP contribution in [0.3, 0.4) is 0 Å². The van der Waals surface area contributed by atoms with Gasteiger partial charge in [0.25, 0.3) is 8.32 Å². The highest BCUT2D eigenvalue weighted by Gasteiger charge is 2.51. The zero-order chi connectivity index (χ0) is 28.7. The van der Waals surface area contributed by atoms with Crippen molar-refractivity contribution in [3.05, 3.63) is 109 Å². The Morgan fingerprint density at radius 3 is 1.95 bits per heavy atom. The van der Waals surface area contributed by atoms with Gasteiger partial charge in [-0.1, -0.05) is 118 Å². The van der Waals surface area contributed by atoms with Crippen LogP contribution in [0.15, 0.2) is 104 Å². The van der Waals surface area contributed by atoms with Crippen LogP contribution in [0.25, 0.3) is 0 Å². The van der Waals surface area contributed by atoms with E-state index in [1.54, 1.807) is 0 Å². The molecule has 41 heavy (non-hydrogen) atoms. The first-order valence-electron chi connectivity index (χ1n) is 15.2. The minimum atomic E-state index is -2.58. The quantitative estimate of drug-likeness (QED) is 0.177. The summed E-state index contributed by atoms with van der Waals surface area (Å²) in [7, 11) is -2.58. The van der Waals surface area contributed by atoms with Gasteiger partial charge in [-0.25, -0.2) is 0 Å². The number of benzene rings is 3. The van der Waals surface area contributed by atoms with Gasteiger partial charge in [0.1, 0.15) is 0 Å². The summed E-state index contributed by atoms with van der Waals surface area (Å²) in [6.45, 7) is 12.1. The van der Waals surface area contributed by atoms with Gasteiger partial charge in [0.15, 0.2) is 0 Å². The summed E-state index contributed by atoms with van der Waals surface area (Å²) in [5.74, 6) is 0. The highest BCUT2D eigenvalue weighted by molar-refractivity contribution is 6.99. The molecule has 0 spiro atoms. The van der Waals surface area contributed by atoms with Crippen molar-refractivity contribution in [3.8, 4) is 0 Å². The highest BCUT2D eigenvalue weighted by atomic mass is 28.4. The van der Waals surface area contributed by atoms with Crippen LogP contribution >= 0.6 is 0 Å². The second-order valence-corrected chi connectivity index (χ2v) is 16.8. The molecule has 0 bridgehead atoms. The van der Waals surface area contributed by atoms with Crippen LogP contribution in [0, 0.1) is 0 Å². The zero-order valence-corrected chi connectivity index (χ0v) is 25.9. The summed E-state index contributed by atoms with van der Waals surface area (Å²) in [5, 5.41) is 2.56. The van der Waals surface area contributed by atoms with Gasteiger partial charge in [-0.15, -0.1) is 6.58 Å². The standard InChI is InChI=1S/C36H46O4Si/c1-5-15-32(37-26-28-16-9-6-10-17-28)33-24-25-35(40-33)34-23-22-29(39-34)27-38-41(36(2,3)4,30-18-11-7-12-19-30)31-20-13-8-14-21-31/h5-14,16-21,29,32-35H,1,15,22-27H2,2-4H3/t29-,32-,33-,34-,35-/m0/s1. The van der Waals surface area contributed by atoms with Crippen LogP contribution in [0.1, 0.15) is 58.4 Å². The van der Waals surface area contributed by atoms with Crippen molar-refractivity contribution in [2.75, 3.05) is 6.61 Å².